The van der Waals surface area contributed by atoms with E-state index in [1.165, 1.54) is 0 Å². The van der Waals surface area contributed by atoms with Gasteiger partial charge in [0.25, 0.3) is 0 Å². The summed E-state index contributed by atoms with van der Waals surface area (Å²) in [5, 5.41) is 8.61. The first-order chi connectivity index (χ1) is 6.12. The molecule has 1 unspecified atom stereocenters. The van der Waals surface area contributed by atoms with Gasteiger partial charge in [-0.3, -0.25) is 4.79 Å². The Morgan fingerprint density at radius 3 is 2.54 bits per heavy atom. The van der Waals surface area contributed by atoms with Crippen molar-refractivity contribution in [3.05, 3.63) is 0 Å². The summed E-state index contributed by atoms with van der Waals surface area (Å²) in [4.78, 5) is 10.5. The van der Waals surface area contributed by atoms with E-state index >= 15 is 0 Å². The molecule has 1 aliphatic carbocycles. The van der Waals surface area contributed by atoms with E-state index in [0.717, 1.165) is 12.8 Å². The zero-order chi connectivity index (χ0) is 9.90. The van der Waals surface area contributed by atoms with Crippen LogP contribution in [-0.4, -0.2) is 31.1 Å². The van der Waals surface area contributed by atoms with Crippen LogP contribution in [0.5, 0.6) is 0 Å². The van der Waals surface area contributed by atoms with Gasteiger partial charge in [-0.15, -0.1) is 0 Å². The first-order valence-corrected chi connectivity index (χ1v) is 4.44. The molecule has 0 aliphatic heterocycles. The van der Waals surface area contributed by atoms with E-state index in [-0.39, 0.29) is 12.3 Å². The summed E-state index contributed by atoms with van der Waals surface area (Å²) in [6, 6.07) is 0. The van der Waals surface area contributed by atoms with Crippen molar-refractivity contribution in [2.24, 2.45) is 5.92 Å². The van der Waals surface area contributed by atoms with Crippen molar-refractivity contribution in [3.63, 3.8) is 0 Å². The van der Waals surface area contributed by atoms with Crippen LogP contribution in [0.4, 0.5) is 0 Å². The quantitative estimate of drug-likeness (QED) is 0.674. The highest BCUT2D eigenvalue weighted by Crippen LogP contribution is 2.39. The van der Waals surface area contributed by atoms with Gasteiger partial charge in [0.05, 0.1) is 0 Å². The Balaban J connectivity index is 2.47. The lowest BCUT2D eigenvalue weighted by atomic mass is 10.0. The van der Waals surface area contributed by atoms with Crippen LogP contribution < -0.4 is 0 Å². The van der Waals surface area contributed by atoms with E-state index in [1.807, 2.05) is 0 Å². The maximum atomic E-state index is 10.5. The summed E-state index contributed by atoms with van der Waals surface area (Å²) < 4.78 is 10.5. The summed E-state index contributed by atoms with van der Waals surface area (Å²) in [6.45, 7) is 0. The molecule has 4 nitrogen and oxygen atoms in total. The summed E-state index contributed by atoms with van der Waals surface area (Å²) in [5.74, 6) is -1.08. The van der Waals surface area contributed by atoms with Crippen LogP contribution in [0.3, 0.4) is 0 Å². The monoisotopic (exact) mass is 188 g/mol. The van der Waals surface area contributed by atoms with Crippen molar-refractivity contribution in [1.29, 1.82) is 0 Å². The Kier molecular flexibility index (Phi) is 3.27. The molecular weight excluding hydrogens is 172 g/mol. The first kappa shape index (κ1) is 10.5. The maximum Gasteiger partial charge on any atom is 0.303 e. The zero-order valence-electron chi connectivity index (χ0n) is 8.08. The van der Waals surface area contributed by atoms with Crippen molar-refractivity contribution in [2.75, 3.05) is 14.2 Å². The third-order valence-electron chi connectivity index (χ3n) is 2.74. The minimum Gasteiger partial charge on any atom is -0.481 e. The highest BCUT2D eigenvalue weighted by molar-refractivity contribution is 5.67. The molecule has 0 saturated heterocycles. The lowest BCUT2D eigenvalue weighted by Gasteiger charge is -2.25. The van der Waals surface area contributed by atoms with Gasteiger partial charge < -0.3 is 14.6 Å². The predicted molar refractivity (Wildman–Crippen MR) is 46.3 cm³/mol. The number of rotatable bonds is 4. The van der Waals surface area contributed by atoms with Crippen LogP contribution in [0.2, 0.25) is 0 Å². The third kappa shape index (κ3) is 2.42. The molecule has 0 bridgehead atoms. The number of carboxylic acid groups (broad SMARTS) is 1. The summed E-state index contributed by atoms with van der Waals surface area (Å²) in [5.41, 5.74) is 0. The first-order valence-electron chi connectivity index (χ1n) is 4.44. The van der Waals surface area contributed by atoms with E-state index in [0.29, 0.717) is 6.42 Å². The van der Waals surface area contributed by atoms with Crippen molar-refractivity contribution < 1.29 is 19.4 Å². The lowest BCUT2D eigenvalue weighted by molar-refractivity contribution is -0.202. The average molecular weight is 188 g/mol. The Morgan fingerprint density at radius 1 is 1.54 bits per heavy atom. The molecular formula is C9H16O4. The standard InChI is InChI=1S/C9H16O4/c1-12-9(13-2)4-3-7(6-9)5-8(10)11/h7H,3-6H2,1-2H3,(H,10,11). The van der Waals surface area contributed by atoms with Crippen LogP contribution in [-0.2, 0) is 14.3 Å². The van der Waals surface area contributed by atoms with E-state index in [4.69, 9.17) is 14.6 Å². The van der Waals surface area contributed by atoms with Crippen LogP contribution in [0.25, 0.3) is 0 Å². The molecule has 1 saturated carbocycles. The van der Waals surface area contributed by atoms with Gasteiger partial charge in [0.15, 0.2) is 5.79 Å². The molecule has 0 spiro atoms. The van der Waals surface area contributed by atoms with Gasteiger partial charge >= 0.3 is 5.97 Å². The number of methoxy groups -OCH3 is 2. The number of hydrogen-bond acceptors (Lipinski definition) is 3. The molecule has 0 radical (unpaired) electrons. The molecule has 0 amide bonds. The predicted octanol–water partition coefficient (Wildman–Crippen LogP) is 1.25. The molecule has 13 heavy (non-hydrogen) atoms. The normalized spacial score (nSPS) is 26.2. The molecule has 0 aromatic carbocycles. The molecule has 1 fully saturated rings. The fourth-order valence-corrected chi connectivity index (χ4v) is 1.94. The van der Waals surface area contributed by atoms with Crippen LogP contribution in [0.1, 0.15) is 25.7 Å². The maximum absolute atomic E-state index is 10.5. The molecule has 1 rings (SSSR count). The fourth-order valence-electron chi connectivity index (χ4n) is 1.94. The highest BCUT2D eigenvalue weighted by atomic mass is 16.7. The molecule has 0 heterocycles. The fraction of sp³-hybridized carbons (Fsp3) is 0.889. The largest absolute Gasteiger partial charge is 0.481 e. The highest BCUT2D eigenvalue weighted by Gasteiger charge is 2.40. The van der Waals surface area contributed by atoms with Gasteiger partial charge in [-0.1, -0.05) is 0 Å². The Morgan fingerprint density at radius 2 is 2.15 bits per heavy atom. The van der Waals surface area contributed by atoms with E-state index in [1.54, 1.807) is 14.2 Å². The molecule has 4 heteroatoms. The summed E-state index contributed by atoms with van der Waals surface area (Å²) in [7, 11) is 3.21. The Labute approximate surface area is 77.8 Å². The zero-order valence-corrected chi connectivity index (χ0v) is 8.08. The minimum atomic E-state index is -0.743. The average Bonchev–Trinajstić information content (AvgIpc) is 2.48. The van der Waals surface area contributed by atoms with Gasteiger partial charge in [-0.2, -0.15) is 0 Å². The van der Waals surface area contributed by atoms with Crippen molar-refractivity contribution in [3.8, 4) is 0 Å². The summed E-state index contributed by atoms with van der Waals surface area (Å²) in [6.07, 6.45) is 2.56. The smallest absolute Gasteiger partial charge is 0.303 e. The second-order valence-electron chi connectivity index (χ2n) is 3.53. The molecule has 0 aromatic heterocycles. The minimum absolute atomic E-state index is 0.192. The van der Waals surface area contributed by atoms with Crippen molar-refractivity contribution in [2.45, 2.75) is 31.5 Å². The van der Waals surface area contributed by atoms with Crippen molar-refractivity contribution in [1.82, 2.24) is 0 Å². The van der Waals surface area contributed by atoms with E-state index in [9.17, 15) is 4.79 Å². The van der Waals surface area contributed by atoms with Gasteiger partial charge in [0.2, 0.25) is 0 Å². The molecule has 1 atom stereocenters. The molecule has 0 aromatic rings. The number of carboxylic acids is 1. The van der Waals surface area contributed by atoms with Gasteiger partial charge in [0, 0.05) is 33.5 Å². The topological polar surface area (TPSA) is 55.8 Å². The second kappa shape index (κ2) is 4.07. The van der Waals surface area contributed by atoms with E-state index < -0.39 is 11.8 Å². The number of hydrogen-bond donors (Lipinski definition) is 1. The number of carbonyl (C=O) groups is 1. The van der Waals surface area contributed by atoms with Crippen LogP contribution in [0, 0.1) is 5.92 Å². The molecule has 1 N–H and O–H groups in total. The van der Waals surface area contributed by atoms with Crippen molar-refractivity contribution >= 4 is 5.97 Å². The summed E-state index contributed by atoms with van der Waals surface area (Å²) >= 11 is 0. The molecule has 76 valence electrons. The SMILES string of the molecule is COC1(OC)CCC(CC(=O)O)C1. The second-order valence-corrected chi connectivity index (χ2v) is 3.53. The lowest BCUT2D eigenvalue weighted by Crippen LogP contribution is -2.30. The van der Waals surface area contributed by atoms with Gasteiger partial charge in [-0.25, -0.2) is 0 Å². The van der Waals surface area contributed by atoms with Gasteiger partial charge in [-0.05, 0) is 12.3 Å². The third-order valence-corrected chi connectivity index (χ3v) is 2.74. The Hall–Kier alpha value is -0.610. The van der Waals surface area contributed by atoms with Gasteiger partial charge in [0.1, 0.15) is 0 Å². The number of ether oxygens (including phenoxy) is 2. The van der Waals surface area contributed by atoms with E-state index in [2.05, 4.69) is 0 Å². The Bertz CT molecular complexity index is 186. The number of aliphatic carboxylic acids is 1. The molecule has 1 aliphatic rings. The van der Waals surface area contributed by atoms with Crippen LogP contribution in [0.15, 0.2) is 0 Å². The van der Waals surface area contributed by atoms with Crippen LogP contribution >= 0.6 is 0 Å².